The Labute approximate surface area is 277 Å². The van der Waals surface area contributed by atoms with Crippen LogP contribution in [-0.2, 0) is 22.1 Å². The molecule has 11 nitrogen and oxygen atoms in total. The molecule has 14 heteroatoms. The second kappa shape index (κ2) is 15.1. The van der Waals surface area contributed by atoms with E-state index in [1.807, 2.05) is 30.3 Å². The molecule has 1 aliphatic rings. The predicted octanol–water partition coefficient (Wildman–Crippen LogP) is 7.76. The van der Waals surface area contributed by atoms with Crippen LogP contribution in [0.4, 0.5) is 22.8 Å². The minimum absolute atomic E-state index is 0.0159. The van der Waals surface area contributed by atoms with E-state index in [4.69, 9.17) is 18.7 Å². The Morgan fingerprint density at radius 3 is 2.40 bits per heavy atom. The molecule has 0 radical (unpaired) electrons. The molecule has 1 saturated heterocycles. The summed E-state index contributed by atoms with van der Waals surface area (Å²) in [6.45, 7) is 10.9. The number of alkyl halides is 3. The van der Waals surface area contributed by atoms with Crippen molar-refractivity contribution in [3.05, 3.63) is 65.5 Å². The molecule has 1 aliphatic heterocycles. The summed E-state index contributed by atoms with van der Waals surface area (Å²) in [6.07, 6.45) is -3.96. The van der Waals surface area contributed by atoms with E-state index in [9.17, 15) is 22.8 Å². The van der Waals surface area contributed by atoms with Gasteiger partial charge in [-0.05, 0) is 91.0 Å². The number of amides is 2. The van der Waals surface area contributed by atoms with Crippen molar-refractivity contribution in [1.29, 1.82) is 0 Å². The smallest absolute Gasteiger partial charge is 0.437 e. The van der Waals surface area contributed by atoms with Gasteiger partial charge in [0, 0.05) is 18.7 Å². The van der Waals surface area contributed by atoms with Gasteiger partial charge in [-0.3, -0.25) is 5.32 Å². The van der Waals surface area contributed by atoms with Gasteiger partial charge in [0.05, 0.1) is 18.1 Å². The molecule has 0 spiro atoms. The van der Waals surface area contributed by atoms with Crippen LogP contribution in [0.3, 0.4) is 0 Å². The molecule has 0 unspecified atom stereocenters. The zero-order valence-electron chi connectivity index (χ0n) is 28.0. The fourth-order valence-electron chi connectivity index (χ4n) is 4.95. The van der Waals surface area contributed by atoms with Gasteiger partial charge in [-0.1, -0.05) is 35.5 Å². The van der Waals surface area contributed by atoms with Gasteiger partial charge in [0.25, 0.3) is 0 Å². The highest BCUT2D eigenvalue weighted by molar-refractivity contribution is 5.99. The summed E-state index contributed by atoms with van der Waals surface area (Å²) in [5.41, 5.74) is -1.37. The van der Waals surface area contributed by atoms with Gasteiger partial charge in [0.1, 0.15) is 17.0 Å². The summed E-state index contributed by atoms with van der Waals surface area (Å²) >= 11 is 0. The number of alkyl carbamates (subject to hydrolysis) is 1. The lowest BCUT2D eigenvalue weighted by atomic mass is 9.98. The monoisotopic (exact) mass is 673 g/mol. The number of hydrogen-bond acceptors (Lipinski definition) is 8. The highest BCUT2D eigenvalue weighted by Gasteiger charge is 2.36. The normalized spacial score (nSPS) is 16.0. The fourth-order valence-corrected chi connectivity index (χ4v) is 4.95. The molecule has 1 N–H and O–H groups in total. The molecule has 1 aromatic heterocycles. The maximum Gasteiger partial charge on any atom is 0.437 e. The first kappa shape index (κ1) is 36.2. The van der Waals surface area contributed by atoms with Crippen LogP contribution in [0.1, 0.15) is 83.7 Å². The number of halogens is 3. The summed E-state index contributed by atoms with van der Waals surface area (Å²) in [6, 6.07) is 13.3. The third-order valence-corrected chi connectivity index (χ3v) is 6.97. The van der Waals surface area contributed by atoms with Crippen molar-refractivity contribution in [2.24, 2.45) is 4.99 Å². The Morgan fingerprint density at radius 2 is 1.73 bits per heavy atom. The minimum atomic E-state index is -4.67. The SMILES string of the molecule is CC(C)(C)OC(=O)/N=C(/NC(=O)OC(C)(C)C)N1CCC[C@@H](c2nc(-c3ccc(OCCCc4ccccc4)c(C(F)(F)F)c3)no2)C1. The van der Waals surface area contributed by atoms with Crippen LogP contribution in [0, 0.1) is 0 Å². The zero-order chi connectivity index (χ0) is 35.1. The Hall–Kier alpha value is -4.62. The van der Waals surface area contributed by atoms with E-state index in [1.165, 1.54) is 12.1 Å². The van der Waals surface area contributed by atoms with Crippen molar-refractivity contribution in [2.75, 3.05) is 19.7 Å². The largest absolute Gasteiger partial charge is 0.493 e. The molecular formula is C34H42F3N5O6. The number of aliphatic imine (C=N–C) groups is 1. The van der Waals surface area contributed by atoms with Crippen molar-refractivity contribution in [2.45, 2.75) is 90.5 Å². The summed E-state index contributed by atoms with van der Waals surface area (Å²) in [5, 5.41) is 6.51. The average molecular weight is 674 g/mol. The Morgan fingerprint density at radius 1 is 1.02 bits per heavy atom. The van der Waals surface area contributed by atoms with E-state index in [0.29, 0.717) is 32.2 Å². The van der Waals surface area contributed by atoms with Gasteiger partial charge in [0.2, 0.25) is 17.7 Å². The van der Waals surface area contributed by atoms with Gasteiger partial charge in [0.15, 0.2) is 0 Å². The van der Waals surface area contributed by atoms with Gasteiger partial charge in [-0.2, -0.15) is 18.2 Å². The van der Waals surface area contributed by atoms with E-state index in [2.05, 4.69) is 20.4 Å². The summed E-state index contributed by atoms with van der Waals surface area (Å²) in [4.78, 5) is 35.3. The fraction of sp³-hybridized carbons (Fsp3) is 0.500. The molecule has 2 amide bonds. The number of aromatic nitrogens is 2. The van der Waals surface area contributed by atoms with Crippen LogP contribution in [0.5, 0.6) is 5.75 Å². The number of benzene rings is 2. The third kappa shape index (κ3) is 11.0. The summed E-state index contributed by atoms with van der Waals surface area (Å²) in [7, 11) is 0. The van der Waals surface area contributed by atoms with Crippen LogP contribution in [0.25, 0.3) is 11.4 Å². The maximum absolute atomic E-state index is 14.1. The van der Waals surface area contributed by atoms with Gasteiger partial charge in [-0.15, -0.1) is 4.99 Å². The minimum Gasteiger partial charge on any atom is -0.493 e. The van der Waals surface area contributed by atoms with E-state index in [1.54, 1.807) is 46.4 Å². The topological polar surface area (TPSA) is 128 Å². The number of nitrogens with zero attached hydrogens (tertiary/aromatic N) is 4. The van der Waals surface area contributed by atoms with Crippen LogP contribution in [0.15, 0.2) is 58.0 Å². The first-order valence-electron chi connectivity index (χ1n) is 15.8. The lowest BCUT2D eigenvalue weighted by Gasteiger charge is -2.33. The summed E-state index contributed by atoms with van der Waals surface area (Å²) < 4.78 is 63.9. The first-order chi connectivity index (χ1) is 22.5. The number of ether oxygens (including phenoxy) is 3. The lowest BCUT2D eigenvalue weighted by molar-refractivity contribution is -0.138. The number of guanidine groups is 1. The van der Waals surface area contributed by atoms with E-state index in [0.717, 1.165) is 11.6 Å². The van der Waals surface area contributed by atoms with Crippen molar-refractivity contribution in [1.82, 2.24) is 20.4 Å². The number of carbonyl (C=O) groups excluding carboxylic acids is 2. The van der Waals surface area contributed by atoms with Crippen LogP contribution >= 0.6 is 0 Å². The third-order valence-electron chi connectivity index (χ3n) is 6.97. The van der Waals surface area contributed by atoms with Crippen molar-refractivity contribution in [3.63, 3.8) is 0 Å². The number of nitrogens with one attached hydrogen (secondary N) is 1. The maximum atomic E-state index is 14.1. The standard InChI is InChI=1S/C34H42F3N5O6/c1-32(2,3)46-30(43)39-29(40-31(44)47-33(4,5)6)42-18-10-15-24(21-42)28-38-27(41-48-28)23-16-17-26(25(20-23)34(35,36)37)45-19-11-14-22-12-8-7-9-13-22/h7-9,12-13,16-17,20,24H,10-11,14-15,18-19,21H2,1-6H3,(H,39,40,43,44)/t24-/m1/s1. The first-order valence-corrected chi connectivity index (χ1v) is 15.8. The number of hydrogen-bond donors (Lipinski definition) is 1. The molecule has 0 bridgehead atoms. The molecule has 2 aromatic carbocycles. The second-order valence-corrected chi connectivity index (χ2v) is 13.4. The quantitative estimate of drug-likeness (QED) is 0.152. The van der Waals surface area contributed by atoms with E-state index in [-0.39, 0.29) is 48.1 Å². The molecule has 1 atom stereocenters. The highest BCUT2D eigenvalue weighted by Crippen LogP contribution is 2.39. The van der Waals surface area contributed by atoms with Gasteiger partial charge < -0.3 is 23.6 Å². The van der Waals surface area contributed by atoms with Crippen molar-refractivity contribution < 1.29 is 41.5 Å². The Kier molecular flexibility index (Phi) is 11.4. The Bertz CT molecular complexity index is 1580. The Balaban J connectivity index is 1.49. The number of rotatable bonds is 7. The van der Waals surface area contributed by atoms with Gasteiger partial charge >= 0.3 is 18.4 Å². The van der Waals surface area contributed by atoms with Crippen LogP contribution in [-0.4, -0.2) is 64.1 Å². The van der Waals surface area contributed by atoms with Crippen LogP contribution < -0.4 is 10.1 Å². The van der Waals surface area contributed by atoms with Gasteiger partial charge in [-0.25, -0.2) is 9.59 Å². The molecule has 4 rings (SSSR count). The summed E-state index contributed by atoms with van der Waals surface area (Å²) in [5.74, 6) is -0.549. The van der Waals surface area contributed by atoms with E-state index >= 15 is 0 Å². The van der Waals surface area contributed by atoms with Crippen molar-refractivity contribution >= 4 is 18.1 Å². The molecule has 48 heavy (non-hydrogen) atoms. The molecule has 1 fully saturated rings. The number of likely N-dealkylation sites (tertiary alicyclic amines) is 1. The molecular weight excluding hydrogens is 631 g/mol. The zero-order valence-corrected chi connectivity index (χ0v) is 28.0. The second-order valence-electron chi connectivity index (χ2n) is 13.4. The van der Waals surface area contributed by atoms with E-state index < -0.39 is 35.1 Å². The number of aryl methyl sites for hydroxylation is 1. The number of carbonyl (C=O) groups is 2. The molecule has 3 aromatic rings. The van der Waals surface area contributed by atoms with Crippen molar-refractivity contribution in [3.8, 4) is 17.1 Å². The predicted molar refractivity (Wildman–Crippen MR) is 172 cm³/mol. The lowest BCUT2D eigenvalue weighted by Crippen LogP contribution is -2.49. The molecule has 260 valence electrons. The van der Waals surface area contributed by atoms with Crippen LogP contribution in [0.2, 0.25) is 0 Å². The molecule has 2 heterocycles. The average Bonchev–Trinajstić information content (AvgIpc) is 3.48. The molecule has 0 saturated carbocycles. The highest BCUT2D eigenvalue weighted by atomic mass is 19.4. The number of piperidine rings is 1. The molecule has 0 aliphatic carbocycles.